The van der Waals surface area contributed by atoms with Crippen molar-refractivity contribution < 1.29 is 9.26 Å². The third-order valence-corrected chi connectivity index (χ3v) is 2.76. The second kappa shape index (κ2) is 6.24. The van der Waals surface area contributed by atoms with Gasteiger partial charge >= 0.3 is 0 Å². The van der Waals surface area contributed by atoms with Gasteiger partial charge in [0.2, 0.25) is 17.6 Å². The topological polar surface area (TPSA) is 86.0 Å². The van der Waals surface area contributed by atoms with Crippen LogP contribution in [0.5, 0.6) is 5.88 Å². The summed E-state index contributed by atoms with van der Waals surface area (Å²) in [5.74, 6) is 1.43. The number of nitrogens with zero attached hydrogens (tertiary/aromatic N) is 4. The molecule has 0 radical (unpaired) electrons. The summed E-state index contributed by atoms with van der Waals surface area (Å²) in [6, 6.07) is 2.07. The number of aromatic nitrogens is 4. The Morgan fingerprint density at radius 3 is 3.00 bits per heavy atom. The van der Waals surface area contributed by atoms with E-state index < -0.39 is 0 Å². The molecule has 19 heavy (non-hydrogen) atoms. The van der Waals surface area contributed by atoms with Crippen molar-refractivity contribution >= 4 is 0 Å². The molecule has 7 nitrogen and oxygen atoms in total. The summed E-state index contributed by atoms with van der Waals surface area (Å²) in [6.45, 7) is 4.76. The smallest absolute Gasteiger partial charge is 0.240 e. The standard InChI is InChI=1S/C12H17N5O2/c1-4-8(2)13-6-11-16-12(17-19-11)9-5-10(18-3)15-7-14-9/h5,7-8,13H,4,6H2,1-3H3. The van der Waals surface area contributed by atoms with Gasteiger partial charge in [-0.15, -0.1) is 0 Å². The van der Waals surface area contributed by atoms with E-state index in [-0.39, 0.29) is 0 Å². The van der Waals surface area contributed by atoms with Gasteiger partial charge in [-0.25, -0.2) is 9.97 Å². The summed E-state index contributed by atoms with van der Waals surface area (Å²) >= 11 is 0. The Bertz CT molecular complexity index is 528. The Morgan fingerprint density at radius 2 is 2.26 bits per heavy atom. The summed E-state index contributed by atoms with van der Waals surface area (Å²) in [6.07, 6.45) is 2.45. The number of hydrogen-bond donors (Lipinski definition) is 1. The minimum absolute atomic E-state index is 0.412. The average Bonchev–Trinajstić information content (AvgIpc) is 2.93. The predicted molar refractivity (Wildman–Crippen MR) is 68.5 cm³/mol. The van der Waals surface area contributed by atoms with Crippen LogP contribution in [0.15, 0.2) is 16.9 Å². The van der Waals surface area contributed by atoms with Gasteiger partial charge in [0.05, 0.1) is 13.7 Å². The van der Waals surface area contributed by atoms with Gasteiger partial charge in [0, 0.05) is 12.1 Å². The SMILES string of the molecule is CCC(C)NCc1nc(-c2cc(OC)ncn2)no1. The van der Waals surface area contributed by atoms with E-state index in [4.69, 9.17) is 9.26 Å². The molecule has 102 valence electrons. The second-order valence-electron chi connectivity index (χ2n) is 4.15. The largest absolute Gasteiger partial charge is 0.481 e. The summed E-state index contributed by atoms with van der Waals surface area (Å²) in [7, 11) is 1.55. The Balaban J connectivity index is 2.07. The van der Waals surface area contributed by atoms with Crippen molar-refractivity contribution in [3.63, 3.8) is 0 Å². The van der Waals surface area contributed by atoms with Gasteiger partial charge in [0.1, 0.15) is 12.0 Å². The Kier molecular flexibility index (Phi) is 4.40. The van der Waals surface area contributed by atoms with E-state index in [0.29, 0.717) is 35.9 Å². The van der Waals surface area contributed by atoms with E-state index in [1.54, 1.807) is 13.2 Å². The van der Waals surface area contributed by atoms with Crippen LogP contribution in [-0.2, 0) is 6.54 Å². The van der Waals surface area contributed by atoms with Gasteiger partial charge in [-0.1, -0.05) is 12.1 Å². The Hall–Kier alpha value is -2.02. The first-order valence-corrected chi connectivity index (χ1v) is 6.15. The van der Waals surface area contributed by atoms with Crippen LogP contribution in [0.25, 0.3) is 11.5 Å². The zero-order chi connectivity index (χ0) is 13.7. The first kappa shape index (κ1) is 13.4. The van der Waals surface area contributed by atoms with Crippen LogP contribution in [0.1, 0.15) is 26.2 Å². The lowest BCUT2D eigenvalue weighted by molar-refractivity contribution is 0.358. The molecule has 1 atom stereocenters. The van der Waals surface area contributed by atoms with E-state index in [1.165, 1.54) is 6.33 Å². The molecule has 0 saturated carbocycles. The van der Waals surface area contributed by atoms with Gasteiger partial charge in [0.15, 0.2) is 0 Å². The maximum Gasteiger partial charge on any atom is 0.240 e. The highest BCUT2D eigenvalue weighted by molar-refractivity contribution is 5.48. The van der Waals surface area contributed by atoms with Crippen LogP contribution in [0, 0.1) is 0 Å². The lowest BCUT2D eigenvalue weighted by Gasteiger charge is -2.07. The molecule has 0 aliphatic carbocycles. The van der Waals surface area contributed by atoms with Gasteiger partial charge < -0.3 is 14.6 Å². The van der Waals surface area contributed by atoms with Crippen LogP contribution in [0.4, 0.5) is 0 Å². The molecule has 2 rings (SSSR count). The van der Waals surface area contributed by atoms with E-state index in [0.717, 1.165) is 6.42 Å². The lowest BCUT2D eigenvalue weighted by Crippen LogP contribution is -2.24. The number of ether oxygens (including phenoxy) is 1. The van der Waals surface area contributed by atoms with E-state index >= 15 is 0 Å². The van der Waals surface area contributed by atoms with Gasteiger partial charge in [0.25, 0.3) is 0 Å². The molecule has 0 amide bonds. The minimum atomic E-state index is 0.412. The molecule has 2 aromatic heterocycles. The van der Waals surface area contributed by atoms with Crippen molar-refractivity contribution in [3.8, 4) is 17.4 Å². The van der Waals surface area contributed by atoms with Crippen molar-refractivity contribution in [1.29, 1.82) is 0 Å². The molecule has 7 heteroatoms. The highest BCUT2D eigenvalue weighted by atomic mass is 16.5. The molecule has 0 fully saturated rings. The third kappa shape index (κ3) is 3.47. The molecule has 1 N–H and O–H groups in total. The molecule has 2 aromatic rings. The average molecular weight is 263 g/mol. The minimum Gasteiger partial charge on any atom is -0.481 e. The highest BCUT2D eigenvalue weighted by Crippen LogP contribution is 2.16. The molecule has 2 heterocycles. The fraction of sp³-hybridized carbons (Fsp3) is 0.500. The van der Waals surface area contributed by atoms with Crippen LogP contribution in [0.2, 0.25) is 0 Å². The van der Waals surface area contributed by atoms with E-state index in [9.17, 15) is 0 Å². The second-order valence-corrected chi connectivity index (χ2v) is 4.15. The fourth-order valence-corrected chi connectivity index (χ4v) is 1.41. The summed E-state index contributed by atoms with van der Waals surface area (Å²) in [5, 5.41) is 7.18. The highest BCUT2D eigenvalue weighted by Gasteiger charge is 2.11. The number of hydrogen-bond acceptors (Lipinski definition) is 7. The zero-order valence-electron chi connectivity index (χ0n) is 11.3. The van der Waals surface area contributed by atoms with Crippen molar-refractivity contribution in [2.24, 2.45) is 0 Å². The van der Waals surface area contributed by atoms with Crippen molar-refractivity contribution in [3.05, 3.63) is 18.3 Å². The summed E-state index contributed by atoms with van der Waals surface area (Å²) in [4.78, 5) is 12.3. The van der Waals surface area contributed by atoms with Crippen LogP contribution in [-0.4, -0.2) is 33.3 Å². The van der Waals surface area contributed by atoms with Crippen LogP contribution in [0.3, 0.4) is 0 Å². The fourth-order valence-electron chi connectivity index (χ4n) is 1.41. The molecule has 1 unspecified atom stereocenters. The monoisotopic (exact) mass is 263 g/mol. The summed E-state index contributed by atoms with van der Waals surface area (Å²) in [5.41, 5.74) is 0.574. The van der Waals surface area contributed by atoms with E-state index in [2.05, 4.69) is 39.3 Å². The molecule has 0 aliphatic heterocycles. The molecular weight excluding hydrogens is 246 g/mol. The number of methoxy groups -OCH3 is 1. The van der Waals surface area contributed by atoms with Crippen molar-refractivity contribution in [2.45, 2.75) is 32.9 Å². The molecule has 0 aromatic carbocycles. The molecule has 0 saturated heterocycles. The van der Waals surface area contributed by atoms with Crippen LogP contribution >= 0.6 is 0 Å². The molecular formula is C12H17N5O2. The van der Waals surface area contributed by atoms with E-state index in [1.807, 2.05) is 0 Å². The maximum absolute atomic E-state index is 5.16. The zero-order valence-corrected chi connectivity index (χ0v) is 11.3. The lowest BCUT2D eigenvalue weighted by atomic mass is 10.3. The molecule has 0 spiro atoms. The van der Waals surface area contributed by atoms with Crippen LogP contribution < -0.4 is 10.1 Å². The Morgan fingerprint density at radius 1 is 1.42 bits per heavy atom. The van der Waals surface area contributed by atoms with Gasteiger partial charge in [-0.3, -0.25) is 0 Å². The normalized spacial score (nSPS) is 12.4. The van der Waals surface area contributed by atoms with Crippen molar-refractivity contribution in [2.75, 3.05) is 7.11 Å². The molecule has 0 bridgehead atoms. The number of nitrogens with one attached hydrogen (secondary N) is 1. The maximum atomic E-state index is 5.16. The van der Waals surface area contributed by atoms with Crippen molar-refractivity contribution in [1.82, 2.24) is 25.4 Å². The third-order valence-electron chi connectivity index (χ3n) is 2.76. The first-order chi connectivity index (χ1) is 9.22. The quantitative estimate of drug-likeness (QED) is 0.843. The number of rotatable bonds is 6. The molecule has 0 aliphatic rings. The predicted octanol–water partition coefficient (Wildman–Crippen LogP) is 1.42. The first-order valence-electron chi connectivity index (χ1n) is 6.15. The van der Waals surface area contributed by atoms with Gasteiger partial charge in [-0.2, -0.15) is 4.98 Å². The van der Waals surface area contributed by atoms with Gasteiger partial charge in [-0.05, 0) is 13.3 Å². The summed E-state index contributed by atoms with van der Waals surface area (Å²) < 4.78 is 10.2. The Labute approximate surface area is 111 Å².